The van der Waals surface area contributed by atoms with Gasteiger partial charge in [-0.3, -0.25) is 0 Å². The summed E-state index contributed by atoms with van der Waals surface area (Å²) in [6.45, 7) is 0. The van der Waals surface area contributed by atoms with Gasteiger partial charge in [-0.15, -0.1) is 0 Å². The molecule has 0 amide bonds. The third kappa shape index (κ3) is 6.59. The van der Waals surface area contributed by atoms with Crippen LogP contribution in [-0.2, 0) is 0 Å². The van der Waals surface area contributed by atoms with E-state index in [0.29, 0.717) is 0 Å². The molecule has 0 saturated heterocycles. The number of fused-ring (bicyclic) bond motifs is 1. The zero-order valence-corrected chi connectivity index (χ0v) is 29.4. The molecule has 0 saturated carbocycles. The van der Waals surface area contributed by atoms with Crippen molar-refractivity contribution in [3.05, 3.63) is 205 Å². The first-order chi connectivity index (χ1) is 26.3. The Morgan fingerprint density at radius 1 is 0.358 bits per heavy atom. The lowest BCUT2D eigenvalue weighted by Gasteiger charge is -2.28. The van der Waals surface area contributed by atoms with Gasteiger partial charge in [-0.1, -0.05) is 170 Å². The van der Waals surface area contributed by atoms with Gasteiger partial charge in [0.15, 0.2) is 0 Å². The van der Waals surface area contributed by atoms with Gasteiger partial charge in [0.1, 0.15) is 0 Å². The van der Waals surface area contributed by atoms with Gasteiger partial charge in [0.25, 0.3) is 0 Å². The Kier molecular flexibility index (Phi) is 8.77. The van der Waals surface area contributed by atoms with E-state index in [2.05, 4.69) is 211 Å². The number of pyridine rings is 1. The fraction of sp³-hybridized carbons (Fsp3) is 0.0392. The molecule has 0 aliphatic heterocycles. The molecule has 0 atom stereocenters. The van der Waals surface area contributed by atoms with Crippen LogP contribution in [-0.4, -0.2) is 4.98 Å². The van der Waals surface area contributed by atoms with Crippen LogP contribution in [0.15, 0.2) is 194 Å². The smallest absolute Gasteiger partial charge is 0.0787 e. The monoisotopic (exact) mass is 678 g/mol. The minimum absolute atomic E-state index is 1.02. The van der Waals surface area contributed by atoms with Crippen molar-refractivity contribution in [3.63, 3.8) is 0 Å². The topological polar surface area (TPSA) is 16.1 Å². The first-order valence-electron chi connectivity index (χ1n) is 18.4. The fourth-order valence-corrected chi connectivity index (χ4v) is 7.40. The zero-order chi connectivity index (χ0) is 35.4. The molecule has 1 heterocycles. The molecule has 2 heteroatoms. The summed E-state index contributed by atoms with van der Waals surface area (Å²) in [4.78, 5) is 7.60. The Labute approximate surface area is 311 Å². The summed E-state index contributed by atoms with van der Waals surface area (Å²) < 4.78 is 0. The van der Waals surface area contributed by atoms with Crippen LogP contribution in [0.25, 0.3) is 67.9 Å². The predicted octanol–water partition coefficient (Wildman–Crippen LogP) is 12.2. The van der Waals surface area contributed by atoms with Crippen LogP contribution in [0.1, 0.15) is 12.8 Å². The molecule has 53 heavy (non-hydrogen) atoms. The van der Waals surface area contributed by atoms with Crippen LogP contribution in [0, 0.1) is 0 Å². The SMILES string of the molecule is C1=c2cc(-c3ccc(N(c4ccc(-c5ccccc5)cc4)c4ccccc4-c4ccc(-c5ccccc5)cc4)cc3)c(-c3ccccc3)nc2=CCC1. The zero-order valence-electron chi connectivity index (χ0n) is 29.4. The van der Waals surface area contributed by atoms with Crippen molar-refractivity contribution in [1.29, 1.82) is 0 Å². The number of aromatic nitrogens is 1. The van der Waals surface area contributed by atoms with Crippen molar-refractivity contribution < 1.29 is 0 Å². The third-order valence-electron chi connectivity index (χ3n) is 10.1. The van der Waals surface area contributed by atoms with E-state index in [4.69, 9.17) is 4.98 Å². The lowest BCUT2D eigenvalue weighted by atomic mass is 9.96. The molecule has 0 bridgehead atoms. The van der Waals surface area contributed by atoms with E-state index < -0.39 is 0 Å². The standard InChI is InChI=1S/C51H38N2/c1-4-14-37(15-5-1)39-24-26-41(27-25-39)47-21-11-13-23-50(47)53(45-32-28-40(29-33-45)38-16-6-2-7-17-38)46-34-30-42(31-35-46)48-36-44-20-10-12-22-49(44)52-51(48)43-18-8-3-9-19-43/h1-9,11,13-36H,10,12H2. The third-order valence-corrected chi connectivity index (χ3v) is 10.1. The number of benzene rings is 7. The Morgan fingerprint density at radius 2 is 0.792 bits per heavy atom. The largest absolute Gasteiger partial charge is 0.310 e. The van der Waals surface area contributed by atoms with E-state index in [1.54, 1.807) is 0 Å². The van der Waals surface area contributed by atoms with Crippen LogP contribution >= 0.6 is 0 Å². The van der Waals surface area contributed by atoms with E-state index in [1.807, 2.05) is 0 Å². The minimum Gasteiger partial charge on any atom is -0.310 e. The molecule has 0 N–H and O–H groups in total. The predicted molar refractivity (Wildman–Crippen MR) is 224 cm³/mol. The van der Waals surface area contributed by atoms with E-state index in [0.717, 1.165) is 57.6 Å². The molecule has 1 aliphatic rings. The van der Waals surface area contributed by atoms with E-state index >= 15 is 0 Å². The number of hydrogen-bond donors (Lipinski definition) is 0. The maximum Gasteiger partial charge on any atom is 0.0787 e. The molecule has 7 aromatic carbocycles. The lowest BCUT2D eigenvalue weighted by molar-refractivity contribution is 1.08. The van der Waals surface area contributed by atoms with Crippen LogP contribution in [0.4, 0.5) is 17.1 Å². The molecule has 0 spiro atoms. The summed E-state index contributed by atoms with van der Waals surface area (Å²) in [6, 6.07) is 69.6. The molecular formula is C51H38N2. The Hall–Kier alpha value is -6.77. The summed E-state index contributed by atoms with van der Waals surface area (Å²) in [6.07, 6.45) is 6.66. The number of rotatable bonds is 8. The van der Waals surface area contributed by atoms with E-state index in [-0.39, 0.29) is 0 Å². The summed E-state index contributed by atoms with van der Waals surface area (Å²) in [5.41, 5.74) is 14.9. The van der Waals surface area contributed by atoms with Crippen LogP contribution < -0.4 is 15.5 Å². The number of hydrogen-bond acceptors (Lipinski definition) is 2. The van der Waals surface area contributed by atoms with Gasteiger partial charge in [-0.25, -0.2) is 4.98 Å². The van der Waals surface area contributed by atoms with E-state index in [9.17, 15) is 0 Å². The van der Waals surface area contributed by atoms with Crippen LogP contribution in [0.5, 0.6) is 0 Å². The summed E-state index contributed by atoms with van der Waals surface area (Å²) in [7, 11) is 0. The second-order valence-electron chi connectivity index (χ2n) is 13.5. The Bertz CT molecular complexity index is 2610. The van der Waals surface area contributed by atoms with Crippen molar-refractivity contribution in [2.24, 2.45) is 0 Å². The second kappa shape index (κ2) is 14.5. The van der Waals surface area contributed by atoms with Gasteiger partial charge < -0.3 is 4.90 Å². The Morgan fingerprint density at radius 3 is 1.40 bits per heavy atom. The maximum absolute atomic E-state index is 5.22. The molecule has 0 unspecified atom stereocenters. The average molecular weight is 679 g/mol. The molecule has 0 radical (unpaired) electrons. The van der Waals surface area contributed by atoms with E-state index in [1.165, 1.54) is 38.6 Å². The molecular weight excluding hydrogens is 641 g/mol. The van der Waals surface area contributed by atoms with Gasteiger partial charge in [-0.05, 0) is 87.8 Å². The lowest BCUT2D eigenvalue weighted by Crippen LogP contribution is -2.30. The first-order valence-corrected chi connectivity index (χ1v) is 18.4. The highest BCUT2D eigenvalue weighted by atomic mass is 15.1. The molecule has 0 fully saturated rings. The highest BCUT2D eigenvalue weighted by molar-refractivity contribution is 5.90. The summed E-state index contributed by atoms with van der Waals surface area (Å²) >= 11 is 0. The van der Waals surface area contributed by atoms with Gasteiger partial charge in [0.2, 0.25) is 0 Å². The van der Waals surface area contributed by atoms with Crippen molar-refractivity contribution in [2.75, 3.05) is 4.90 Å². The number of para-hydroxylation sites is 1. The molecule has 252 valence electrons. The van der Waals surface area contributed by atoms with Crippen molar-refractivity contribution in [3.8, 4) is 55.8 Å². The molecule has 1 aliphatic carbocycles. The number of anilines is 3. The molecule has 1 aromatic heterocycles. The quantitative estimate of drug-likeness (QED) is 0.159. The normalized spacial score (nSPS) is 11.9. The average Bonchev–Trinajstić information content (AvgIpc) is 3.25. The van der Waals surface area contributed by atoms with Gasteiger partial charge in [0, 0.05) is 28.1 Å². The maximum atomic E-state index is 5.22. The minimum atomic E-state index is 1.02. The van der Waals surface area contributed by atoms with Crippen molar-refractivity contribution in [2.45, 2.75) is 12.8 Å². The summed E-state index contributed by atoms with van der Waals surface area (Å²) in [5.74, 6) is 0. The second-order valence-corrected chi connectivity index (χ2v) is 13.5. The van der Waals surface area contributed by atoms with Crippen LogP contribution in [0.2, 0.25) is 0 Å². The highest BCUT2D eigenvalue weighted by Gasteiger charge is 2.19. The van der Waals surface area contributed by atoms with Crippen LogP contribution in [0.3, 0.4) is 0 Å². The van der Waals surface area contributed by atoms with Gasteiger partial charge in [0.05, 0.1) is 16.7 Å². The fourth-order valence-electron chi connectivity index (χ4n) is 7.40. The van der Waals surface area contributed by atoms with Crippen molar-refractivity contribution in [1.82, 2.24) is 4.98 Å². The molecule has 8 aromatic rings. The first kappa shape index (κ1) is 32.2. The van der Waals surface area contributed by atoms with Gasteiger partial charge >= 0.3 is 0 Å². The van der Waals surface area contributed by atoms with Crippen molar-refractivity contribution >= 4 is 29.2 Å². The highest BCUT2D eigenvalue weighted by Crippen LogP contribution is 2.42. The summed E-state index contributed by atoms with van der Waals surface area (Å²) in [5, 5.41) is 2.29. The van der Waals surface area contributed by atoms with Gasteiger partial charge in [-0.2, -0.15) is 0 Å². The molecule has 2 nitrogen and oxygen atoms in total. The Balaban J connectivity index is 1.16. The molecule has 9 rings (SSSR count). The number of nitrogens with zero attached hydrogens (tertiary/aromatic N) is 2.